The summed E-state index contributed by atoms with van der Waals surface area (Å²) in [6.45, 7) is 6.55. The molecule has 0 aromatic rings. The number of hydrogen-bond acceptors (Lipinski definition) is 4. The zero-order chi connectivity index (χ0) is 12.9. The minimum absolute atomic E-state index is 0.219. The predicted octanol–water partition coefficient (Wildman–Crippen LogP) is 0.113. The summed E-state index contributed by atoms with van der Waals surface area (Å²) in [5, 5.41) is 0. The topological polar surface area (TPSA) is 75.7 Å². The van der Waals surface area contributed by atoms with Crippen LogP contribution in [0.15, 0.2) is 0 Å². The standard InChI is InChI=1S/C9H20N2O4S/c1-7(2)10-16(13,14)11(8(3)4)6-9(12)15-5/h7-8,10H,6H2,1-5H3. The lowest BCUT2D eigenvalue weighted by atomic mass is 10.4. The smallest absolute Gasteiger partial charge is 0.321 e. The first kappa shape index (κ1) is 15.3. The van der Waals surface area contributed by atoms with Crippen molar-refractivity contribution in [3.8, 4) is 0 Å². The van der Waals surface area contributed by atoms with E-state index < -0.39 is 16.2 Å². The van der Waals surface area contributed by atoms with Crippen LogP contribution in [0.2, 0.25) is 0 Å². The lowest BCUT2D eigenvalue weighted by Gasteiger charge is -2.25. The predicted molar refractivity (Wildman–Crippen MR) is 61.0 cm³/mol. The van der Waals surface area contributed by atoms with Crippen LogP contribution in [0.1, 0.15) is 27.7 Å². The molecule has 96 valence electrons. The minimum atomic E-state index is -3.64. The van der Waals surface area contributed by atoms with Crippen molar-refractivity contribution in [3.63, 3.8) is 0 Å². The molecular weight excluding hydrogens is 232 g/mol. The molecule has 6 nitrogen and oxygen atoms in total. The van der Waals surface area contributed by atoms with Gasteiger partial charge in [-0.05, 0) is 27.7 Å². The number of ether oxygens (including phenoxy) is 1. The lowest BCUT2D eigenvalue weighted by molar-refractivity contribution is -0.141. The third kappa shape index (κ3) is 4.91. The summed E-state index contributed by atoms with van der Waals surface area (Å²) in [6.07, 6.45) is 0. The number of methoxy groups -OCH3 is 1. The van der Waals surface area contributed by atoms with Gasteiger partial charge in [0.1, 0.15) is 6.54 Å². The summed E-state index contributed by atoms with van der Waals surface area (Å²) in [6, 6.07) is -0.528. The first-order valence-corrected chi connectivity index (χ1v) is 6.50. The Morgan fingerprint density at radius 1 is 1.31 bits per heavy atom. The summed E-state index contributed by atoms with van der Waals surface area (Å²) in [5.41, 5.74) is 0. The molecule has 0 saturated heterocycles. The average Bonchev–Trinajstić information content (AvgIpc) is 2.10. The highest BCUT2D eigenvalue weighted by Gasteiger charge is 2.27. The van der Waals surface area contributed by atoms with Crippen LogP contribution in [0.4, 0.5) is 0 Å². The Morgan fingerprint density at radius 3 is 2.12 bits per heavy atom. The van der Waals surface area contributed by atoms with Crippen molar-refractivity contribution in [3.05, 3.63) is 0 Å². The molecule has 0 saturated carbocycles. The van der Waals surface area contributed by atoms with E-state index in [1.165, 1.54) is 7.11 Å². The number of carbonyl (C=O) groups excluding carboxylic acids is 1. The van der Waals surface area contributed by atoms with Gasteiger partial charge in [-0.1, -0.05) is 0 Å². The molecule has 0 aromatic heterocycles. The number of nitrogens with one attached hydrogen (secondary N) is 1. The fourth-order valence-electron chi connectivity index (χ4n) is 1.10. The molecule has 0 unspecified atom stereocenters. The van der Waals surface area contributed by atoms with E-state index in [1.54, 1.807) is 27.7 Å². The van der Waals surface area contributed by atoms with Crippen LogP contribution in [-0.4, -0.2) is 44.4 Å². The fourth-order valence-corrected chi connectivity index (χ4v) is 2.66. The second kappa shape index (κ2) is 6.17. The number of carbonyl (C=O) groups is 1. The molecule has 1 N–H and O–H groups in total. The first-order valence-electron chi connectivity index (χ1n) is 5.06. The molecule has 0 rings (SSSR count). The molecule has 0 heterocycles. The van der Waals surface area contributed by atoms with Gasteiger partial charge in [0, 0.05) is 12.1 Å². The van der Waals surface area contributed by atoms with Gasteiger partial charge in [-0.2, -0.15) is 17.4 Å². The molecular formula is C9H20N2O4S. The van der Waals surface area contributed by atoms with E-state index in [4.69, 9.17) is 0 Å². The van der Waals surface area contributed by atoms with E-state index in [9.17, 15) is 13.2 Å². The maximum atomic E-state index is 11.8. The van der Waals surface area contributed by atoms with Gasteiger partial charge in [-0.25, -0.2) is 0 Å². The van der Waals surface area contributed by atoms with Crippen LogP contribution in [-0.2, 0) is 19.7 Å². The SMILES string of the molecule is COC(=O)CN(C(C)C)S(=O)(=O)NC(C)C. The second-order valence-electron chi connectivity index (χ2n) is 3.99. The van der Waals surface area contributed by atoms with Crippen LogP contribution in [0.5, 0.6) is 0 Å². The molecule has 0 amide bonds. The third-order valence-corrected chi connectivity index (χ3v) is 3.72. The van der Waals surface area contributed by atoms with Gasteiger partial charge in [0.25, 0.3) is 10.2 Å². The molecule has 0 aliphatic carbocycles. The monoisotopic (exact) mass is 252 g/mol. The molecule has 7 heteroatoms. The van der Waals surface area contributed by atoms with Crippen LogP contribution < -0.4 is 4.72 Å². The Balaban J connectivity index is 4.84. The normalized spacial score (nSPS) is 12.5. The Bertz CT molecular complexity index is 324. The molecule has 0 aliphatic rings. The Labute approximate surface area is 97.1 Å². The third-order valence-electron chi connectivity index (χ3n) is 1.78. The van der Waals surface area contributed by atoms with E-state index >= 15 is 0 Å². The van der Waals surface area contributed by atoms with Gasteiger partial charge in [-0.3, -0.25) is 4.79 Å². The summed E-state index contributed by atoms with van der Waals surface area (Å²) >= 11 is 0. The van der Waals surface area contributed by atoms with E-state index in [1.807, 2.05) is 0 Å². The van der Waals surface area contributed by atoms with Crippen molar-refractivity contribution in [2.45, 2.75) is 39.8 Å². The van der Waals surface area contributed by atoms with E-state index in [0.29, 0.717) is 0 Å². The highest BCUT2D eigenvalue weighted by Crippen LogP contribution is 2.06. The second-order valence-corrected chi connectivity index (χ2v) is 5.65. The fraction of sp³-hybridized carbons (Fsp3) is 0.889. The van der Waals surface area contributed by atoms with E-state index in [0.717, 1.165) is 4.31 Å². The quantitative estimate of drug-likeness (QED) is 0.681. The van der Waals surface area contributed by atoms with Crippen molar-refractivity contribution in [2.24, 2.45) is 0 Å². The molecule has 16 heavy (non-hydrogen) atoms. The Kier molecular flexibility index (Phi) is 5.91. The first-order chi connectivity index (χ1) is 7.20. The maximum absolute atomic E-state index is 11.8. The highest BCUT2D eigenvalue weighted by molar-refractivity contribution is 7.87. The van der Waals surface area contributed by atoms with Crippen molar-refractivity contribution < 1.29 is 17.9 Å². The molecule has 0 bridgehead atoms. The van der Waals surface area contributed by atoms with Crippen LogP contribution in [0.3, 0.4) is 0 Å². The highest BCUT2D eigenvalue weighted by atomic mass is 32.2. The summed E-state index contributed by atoms with van der Waals surface area (Å²) in [7, 11) is -2.42. The average molecular weight is 252 g/mol. The molecule has 0 fully saturated rings. The zero-order valence-corrected chi connectivity index (χ0v) is 11.2. The summed E-state index contributed by atoms with van der Waals surface area (Å²) in [5.74, 6) is -0.581. The number of nitrogens with zero attached hydrogens (tertiary/aromatic N) is 1. The van der Waals surface area contributed by atoms with Gasteiger partial charge >= 0.3 is 5.97 Å². The minimum Gasteiger partial charge on any atom is -0.468 e. The maximum Gasteiger partial charge on any atom is 0.321 e. The Hall–Kier alpha value is -0.660. The van der Waals surface area contributed by atoms with Gasteiger partial charge in [-0.15, -0.1) is 0 Å². The van der Waals surface area contributed by atoms with Crippen molar-refractivity contribution in [1.29, 1.82) is 0 Å². The molecule has 0 atom stereocenters. The van der Waals surface area contributed by atoms with Gasteiger partial charge in [0.2, 0.25) is 0 Å². The van der Waals surface area contributed by atoms with Crippen molar-refractivity contribution >= 4 is 16.2 Å². The summed E-state index contributed by atoms with van der Waals surface area (Å²) < 4.78 is 31.6. The van der Waals surface area contributed by atoms with Gasteiger partial charge in [0.05, 0.1) is 7.11 Å². The number of rotatable bonds is 6. The van der Waals surface area contributed by atoms with Gasteiger partial charge in [0.15, 0.2) is 0 Å². The van der Waals surface area contributed by atoms with Crippen molar-refractivity contribution in [1.82, 2.24) is 9.03 Å². The Morgan fingerprint density at radius 2 is 1.81 bits per heavy atom. The van der Waals surface area contributed by atoms with Gasteiger partial charge < -0.3 is 4.74 Å². The summed E-state index contributed by atoms with van der Waals surface area (Å²) in [4.78, 5) is 11.1. The molecule has 0 aliphatic heterocycles. The van der Waals surface area contributed by atoms with Crippen molar-refractivity contribution in [2.75, 3.05) is 13.7 Å². The molecule has 0 aromatic carbocycles. The van der Waals surface area contributed by atoms with E-state index in [2.05, 4.69) is 9.46 Å². The van der Waals surface area contributed by atoms with Crippen LogP contribution >= 0.6 is 0 Å². The largest absolute Gasteiger partial charge is 0.468 e. The lowest BCUT2D eigenvalue weighted by Crippen LogP contribution is -2.48. The molecule has 0 radical (unpaired) electrons. The van der Waals surface area contributed by atoms with Crippen LogP contribution in [0, 0.1) is 0 Å². The van der Waals surface area contributed by atoms with E-state index in [-0.39, 0.29) is 18.6 Å². The molecule has 0 spiro atoms. The number of hydrogen-bond donors (Lipinski definition) is 1. The number of esters is 1. The zero-order valence-electron chi connectivity index (χ0n) is 10.4. The van der Waals surface area contributed by atoms with Crippen LogP contribution in [0.25, 0.3) is 0 Å².